The number of hydrogen-bond donors (Lipinski definition) is 1. The second-order valence-electron chi connectivity index (χ2n) is 8.74. The number of likely N-dealkylation sites (N-methyl/N-ethyl adjacent to an activating group) is 1. The number of benzene rings is 2. The molecule has 0 radical (unpaired) electrons. The molecule has 0 aliphatic carbocycles. The molecule has 2 heterocycles. The van der Waals surface area contributed by atoms with Gasteiger partial charge in [-0.25, -0.2) is 0 Å². The van der Waals surface area contributed by atoms with Gasteiger partial charge in [0.1, 0.15) is 5.75 Å². The van der Waals surface area contributed by atoms with E-state index in [0.29, 0.717) is 17.8 Å². The van der Waals surface area contributed by atoms with Crippen LogP contribution >= 0.6 is 0 Å². The largest absolute Gasteiger partial charge is 0.508 e. The van der Waals surface area contributed by atoms with Gasteiger partial charge in [0, 0.05) is 26.2 Å². The Hall–Kier alpha value is -2.33. The lowest BCUT2D eigenvalue weighted by Crippen LogP contribution is -2.51. The van der Waals surface area contributed by atoms with Crippen molar-refractivity contribution in [3.63, 3.8) is 0 Å². The highest BCUT2D eigenvalue weighted by Gasteiger charge is 2.41. The van der Waals surface area contributed by atoms with Gasteiger partial charge < -0.3 is 14.9 Å². The molecule has 1 amide bonds. The third-order valence-electron chi connectivity index (χ3n) is 6.53. The third kappa shape index (κ3) is 4.22. The topological polar surface area (TPSA) is 43.8 Å². The first-order valence-corrected chi connectivity index (χ1v) is 10.3. The molecule has 2 aromatic rings. The summed E-state index contributed by atoms with van der Waals surface area (Å²) in [4.78, 5) is 17.2. The number of carbonyl (C=O) groups is 1. The number of phenolic OH excluding ortho intramolecular Hbond substituents is 1. The Morgan fingerprint density at radius 3 is 2.57 bits per heavy atom. The van der Waals surface area contributed by atoms with Crippen LogP contribution in [-0.2, 0) is 11.2 Å². The van der Waals surface area contributed by atoms with Gasteiger partial charge in [-0.3, -0.25) is 4.79 Å². The molecule has 1 spiro atoms. The standard InChI is InChI=1S/C24H30N2O2/c1-25-17-21(20-7-3-2-4-8-20)16-24(18-25)10-12-26(13-11-24)23(28)15-19-6-5-9-22(27)14-19/h2-9,14,21,27H,10-13,15-18H2,1H3/t21-/m0/s1. The Morgan fingerprint density at radius 1 is 1.11 bits per heavy atom. The summed E-state index contributed by atoms with van der Waals surface area (Å²) in [6.07, 6.45) is 3.74. The summed E-state index contributed by atoms with van der Waals surface area (Å²) in [6.45, 7) is 3.93. The number of hydrogen-bond acceptors (Lipinski definition) is 3. The first-order valence-electron chi connectivity index (χ1n) is 10.3. The molecule has 2 aromatic carbocycles. The van der Waals surface area contributed by atoms with Crippen molar-refractivity contribution in [1.82, 2.24) is 9.80 Å². The molecule has 1 atom stereocenters. The van der Waals surface area contributed by atoms with E-state index in [0.717, 1.165) is 44.6 Å². The minimum absolute atomic E-state index is 0.171. The molecule has 0 unspecified atom stereocenters. The molecule has 28 heavy (non-hydrogen) atoms. The van der Waals surface area contributed by atoms with Crippen LogP contribution < -0.4 is 0 Å². The first-order chi connectivity index (χ1) is 13.5. The fourth-order valence-electron chi connectivity index (χ4n) is 5.16. The van der Waals surface area contributed by atoms with E-state index < -0.39 is 0 Å². The Bertz CT molecular complexity index is 812. The molecule has 4 heteroatoms. The zero-order valence-electron chi connectivity index (χ0n) is 16.7. The molecule has 2 saturated heterocycles. The number of nitrogens with zero attached hydrogens (tertiary/aromatic N) is 2. The van der Waals surface area contributed by atoms with Crippen LogP contribution in [-0.4, -0.2) is 54.0 Å². The maximum Gasteiger partial charge on any atom is 0.226 e. The zero-order valence-corrected chi connectivity index (χ0v) is 16.7. The summed E-state index contributed by atoms with van der Waals surface area (Å²) in [5.41, 5.74) is 2.64. The van der Waals surface area contributed by atoms with Gasteiger partial charge in [-0.1, -0.05) is 42.5 Å². The predicted octanol–water partition coefficient (Wildman–Crippen LogP) is 3.66. The van der Waals surface area contributed by atoms with Crippen LogP contribution in [0.25, 0.3) is 0 Å². The molecule has 0 aromatic heterocycles. The van der Waals surface area contributed by atoms with Crippen molar-refractivity contribution in [2.75, 3.05) is 33.2 Å². The number of likely N-dealkylation sites (tertiary alicyclic amines) is 2. The highest BCUT2D eigenvalue weighted by atomic mass is 16.3. The quantitative estimate of drug-likeness (QED) is 0.886. The van der Waals surface area contributed by atoms with E-state index in [-0.39, 0.29) is 11.7 Å². The Balaban J connectivity index is 1.39. The predicted molar refractivity (Wildman–Crippen MR) is 111 cm³/mol. The molecule has 4 nitrogen and oxygen atoms in total. The van der Waals surface area contributed by atoms with Crippen molar-refractivity contribution >= 4 is 5.91 Å². The van der Waals surface area contributed by atoms with Crippen molar-refractivity contribution in [1.29, 1.82) is 0 Å². The average Bonchev–Trinajstić information content (AvgIpc) is 2.68. The molecule has 1 N–H and O–H groups in total. The minimum atomic E-state index is 0.171. The van der Waals surface area contributed by atoms with Crippen LogP contribution in [0.1, 0.15) is 36.3 Å². The normalized spacial score (nSPS) is 22.3. The Morgan fingerprint density at radius 2 is 1.86 bits per heavy atom. The number of amides is 1. The van der Waals surface area contributed by atoms with Crippen LogP contribution in [0.2, 0.25) is 0 Å². The van der Waals surface area contributed by atoms with E-state index >= 15 is 0 Å². The van der Waals surface area contributed by atoms with Gasteiger partial charge in [0.15, 0.2) is 0 Å². The smallest absolute Gasteiger partial charge is 0.226 e. The maximum atomic E-state index is 12.7. The molecule has 0 bridgehead atoms. The van der Waals surface area contributed by atoms with E-state index in [1.54, 1.807) is 18.2 Å². The van der Waals surface area contributed by atoms with Crippen LogP contribution in [0, 0.1) is 5.41 Å². The molecular formula is C24H30N2O2. The molecule has 2 aliphatic heterocycles. The van der Waals surface area contributed by atoms with Gasteiger partial charge in [-0.2, -0.15) is 0 Å². The summed E-state index contributed by atoms with van der Waals surface area (Å²) < 4.78 is 0. The summed E-state index contributed by atoms with van der Waals surface area (Å²) in [5, 5.41) is 9.62. The minimum Gasteiger partial charge on any atom is -0.508 e. The highest BCUT2D eigenvalue weighted by molar-refractivity contribution is 5.79. The van der Waals surface area contributed by atoms with Crippen molar-refractivity contribution in [2.24, 2.45) is 5.41 Å². The monoisotopic (exact) mass is 378 g/mol. The lowest BCUT2D eigenvalue weighted by atomic mass is 9.68. The van der Waals surface area contributed by atoms with Gasteiger partial charge in [0.2, 0.25) is 5.91 Å². The molecule has 2 aliphatic rings. The van der Waals surface area contributed by atoms with Gasteiger partial charge >= 0.3 is 0 Å². The van der Waals surface area contributed by atoms with E-state index in [4.69, 9.17) is 0 Å². The van der Waals surface area contributed by atoms with E-state index in [9.17, 15) is 9.90 Å². The van der Waals surface area contributed by atoms with Crippen LogP contribution in [0.15, 0.2) is 54.6 Å². The molecular weight excluding hydrogens is 348 g/mol. The summed E-state index contributed by atoms with van der Waals surface area (Å²) in [7, 11) is 2.23. The zero-order chi connectivity index (χ0) is 19.6. The fraction of sp³-hybridized carbons (Fsp3) is 0.458. The van der Waals surface area contributed by atoms with Gasteiger partial charge in [-0.05, 0) is 60.9 Å². The number of piperidine rings is 2. The number of carbonyl (C=O) groups excluding carboxylic acids is 1. The van der Waals surface area contributed by atoms with E-state index in [2.05, 4.69) is 42.3 Å². The lowest BCUT2D eigenvalue weighted by molar-refractivity contribution is -0.133. The number of rotatable bonds is 3. The first kappa shape index (κ1) is 19.0. The van der Waals surface area contributed by atoms with Crippen LogP contribution in [0.5, 0.6) is 5.75 Å². The molecule has 4 rings (SSSR count). The Labute approximate surface area is 167 Å². The fourth-order valence-corrected chi connectivity index (χ4v) is 5.16. The van der Waals surface area contributed by atoms with Gasteiger partial charge in [-0.15, -0.1) is 0 Å². The maximum absolute atomic E-state index is 12.7. The van der Waals surface area contributed by atoms with Crippen molar-refractivity contribution in [2.45, 2.75) is 31.6 Å². The highest BCUT2D eigenvalue weighted by Crippen LogP contribution is 2.44. The number of aromatic hydroxyl groups is 1. The SMILES string of the molecule is CN1C[C@@H](c2ccccc2)CC2(CCN(C(=O)Cc3cccc(O)c3)CC2)C1. The van der Waals surface area contributed by atoms with Crippen LogP contribution in [0.4, 0.5) is 0 Å². The van der Waals surface area contributed by atoms with Crippen LogP contribution in [0.3, 0.4) is 0 Å². The third-order valence-corrected chi connectivity index (χ3v) is 6.53. The summed E-state index contributed by atoms with van der Waals surface area (Å²) in [6, 6.07) is 17.9. The average molecular weight is 379 g/mol. The lowest BCUT2D eigenvalue weighted by Gasteiger charge is -2.49. The molecule has 148 valence electrons. The van der Waals surface area contributed by atoms with Crippen molar-refractivity contribution < 1.29 is 9.90 Å². The van der Waals surface area contributed by atoms with Crippen molar-refractivity contribution in [3.8, 4) is 5.75 Å². The second-order valence-corrected chi connectivity index (χ2v) is 8.74. The molecule has 0 saturated carbocycles. The van der Waals surface area contributed by atoms with E-state index in [1.165, 1.54) is 12.0 Å². The molecule has 2 fully saturated rings. The summed E-state index contributed by atoms with van der Waals surface area (Å²) in [5.74, 6) is 0.971. The van der Waals surface area contributed by atoms with E-state index in [1.807, 2.05) is 11.0 Å². The van der Waals surface area contributed by atoms with Gasteiger partial charge in [0.25, 0.3) is 0 Å². The van der Waals surface area contributed by atoms with Crippen molar-refractivity contribution in [3.05, 3.63) is 65.7 Å². The Kier molecular flexibility index (Phi) is 5.40. The second kappa shape index (κ2) is 7.96. The van der Waals surface area contributed by atoms with Gasteiger partial charge in [0.05, 0.1) is 6.42 Å². The summed E-state index contributed by atoms with van der Waals surface area (Å²) >= 11 is 0. The number of phenols is 1.